The van der Waals surface area contributed by atoms with Gasteiger partial charge in [-0.25, -0.2) is 4.79 Å². The number of ether oxygens (including phenoxy) is 2. The van der Waals surface area contributed by atoms with Gasteiger partial charge in [-0.15, -0.1) is 0 Å². The van der Waals surface area contributed by atoms with Crippen LogP contribution in [0.3, 0.4) is 0 Å². The number of urea groups is 1. The van der Waals surface area contributed by atoms with Crippen molar-refractivity contribution in [3.63, 3.8) is 0 Å². The molecule has 26 heavy (non-hydrogen) atoms. The highest BCUT2D eigenvalue weighted by molar-refractivity contribution is 5.89. The minimum Gasteiger partial charge on any atom is -0.491 e. The third-order valence-corrected chi connectivity index (χ3v) is 5.17. The van der Waals surface area contributed by atoms with Crippen LogP contribution in [0.25, 0.3) is 0 Å². The van der Waals surface area contributed by atoms with Crippen LogP contribution in [-0.4, -0.2) is 37.3 Å². The Kier molecular flexibility index (Phi) is 4.55. The zero-order chi connectivity index (χ0) is 18.1. The van der Waals surface area contributed by atoms with E-state index < -0.39 is 0 Å². The molecule has 2 aliphatic rings. The smallest absolute Gasteiger partial charge is 0.322 e. The second-order valence-electron chi connectivity index (χ2n) is 7.06. The van der Waals surface area contributed by atoms with Crippen LogP contribution in [-0.2, 0) is 24.1 Å². The fraction of sp³-hybridized carbons (Fsp3) is 0.381. The standard InChI is InChI=1S/C21H24N2O3/c1-14-3-6-20-17(9-14)13-23(7-8-26-20)21(24)22-18-5-4-15-11-19(25-2)12-16(15)10-18/h3-6,9-10,19H,7-8,11-13H2,1-2H3,(H,22,24). The molecule has 1 N–H and O–H groups in total. The molecule has 1 aliphatic carbocycles. The van der Waals surface area contributed by atoms with Gasteiger partial charge in [0, 0.05) is 18.4 Å². The molecule has 136 valence electrons. The Hall–Kier alpha value is -2.53. The first-order valence-corrected chi connectivity index (χ1v) is 9.05. The second-order valence-corrected chi connectivity index (χ2v) is 7.06. The lowest BCUT2D eigenvalue weighted by atomic mass is 10.1. The number of rotatable bonds is 2. The van der Waals surface area contributed by atoms with E-state index in [0.29, 0.717) is 19.7 Å². The van der Waals surface area contributed by atoms with Gasteiger partial charge in [0.1, 0.15) is 12.4 Å². The largest absolute Gasteiger partial charge is 0.491 e. The molecule has 0 spiro atoms. The lowest BCUT2D eigenvalue weighted by molar-refractivity contribution is 0.112. The van der Waals surface area contributed by atoms with E-state index in [1.54, 1.807) is 12.0 Å². The van der Waals surface area contributed by atoms with Gasteiger partial charge in [0.25, 0.3) is 0 Å². The number of anilines is 1. The first-order valence-electron chi connectivity index (χ1n) is 9.05. The number of aryl methyl sites for hydroxylation is 1. The summed E-state index contributed by atoms with van der Waals surface area (Å²) >= 11 is 0. The number of nitrogens with zero attached hydrogens (tertiary/aromatic N) is 1. The van der Waals surface area contributed by atoms with Crippen molar-refractivity contribution in [1.29, 1.82) is 0 Å². The molecule has 4 rings (SSSR count). The fourth-order valence-corrected chi connectivity index (χ4v) is 3.72. The lowest BCUT2D eigenvalue weighted by Crippen LogP contribution is -2.36. The summed E-state index contributed by atoms with van der Waals surface area (Å²) in [6.45, 7) is 3.67. The topological polar surface area (TPSA) is 50.8 Å². The van der Waals surface area contributed by atoms with Gasteiger partial charge >= 0.3 is 6.03 Å². The van der Waals surface area contributed by atoms with Crippen molar-refractivity contribution in [1.82, 2.24) is 4.90 Å². The molecule has 0 saturated carbocycles. The summed E-state index contributed by atoms with van der Waals surface area (Å²) in [5, 5.41) is 3.04. The first-order chi connectivity index (χ1) is 12.6. The number of fused-ring (bicyclic) bond motifs is 2. The molecule has 0 fully saturated rings. The van der Waals surface area contributed by atoms with E-state index in [2.05, 4.69) is 23.5 Å². The normalized spacial score (nSPS) is 18.5. The quantitative estimate of drug-likeness (QED) is 0.899. The van der Waals surface area contributed by atoms with Crippen LogP contribution in [0.1, 0.15) is 22.3 Å². The van der Waals surface area contributed by atoms with Crippen molar-refractivity contribution >= 4 is 11.7 Å². The van der Waals surface area contributed by atoms with Gasteiger partial charge in [-0.05, 0) is 49.1 Å². The molecule has 1 atom stereocenters. The van der Waals surface area contributed by atoms with Gasteiger partial charge in [-0.1, -0.05) is 23.8 Å². The van der Waals surface area contributed by atoms with Crippen LogP contribution in [0.4, 0.5) is 10.5 Å². The Balaban J connectivity index is 1.47. The Morgan fingerprint density at radius 2 is 2.00 bits per heavy atom. The minimum absolute atomic E-state index is 0.0933. The molecule has 0 bridgehead atoms. The van der Waals surface area contributed by atoms with Gasteiger partial charge in [0.15, 0.2) is 0 Å². The van der Waals surface area contributed by atoms with E-state index in [1.807, 2.05) is 25.1 Å². The SMILES string of the molecule is COC1Cc2ccc(NC(=O)N3CCOc4ccc(C)cc4C3)cc2C1. The van der Waals surface area contributed by atoms with Crippen LogP contribution >= 0.6 is 0 Å². The number of methoxy groups -OCH3 is 1. The fourth-order valence-electron chi connectivity index (χ4n) is 3.72. The van der Waals surface area contributed by atoms with Gasteiger partial charge in [-0.3, -0.25) is 0 Å². The highest BCUT2D eigenvalue weighted by atomic mass is 16.5. The molecule has 1 unspecified atom stereocenters. The van der Waals surface area contributed by atoms with Crippen LogP contribution in [0.5, 0.6) is 5.75 Å². The van der Waals surface area contributed by atoms with Crippen molar-refractivity contribution in [3.8, 4) is 5.75 Å². The van der Waals surface area contributed by atoms with E-state index in [9.17, 15) is 4.79 Å². The molecule has 0 radical (unpaired) electrons. The molecule has 0 saturated heterocycles. The van der Waals surface area contributed by atoms with E-state index in [-0.39, 0.29) is 12.1 Å². The van der Waals surface area contributed by atoms with Crippen molar-refractivity contribution in [2.24, 2.45) is 0 Å². The summed E-state index contributed by atoms with van der Waals surface area (Å²) in [5.74, 6) is 0.869. The number of carbonyl (C=O) groups is 1. The predicted molar refractivity (Wildman–Crippen MR) is 101 cm³/mol. The van der Waals surface area contributed by atoms with Crippen LogP contribution in [0, 0.1) is 6.92 Å². The van der Waals surface area contributed by atoms with Gasteiger partial charge in [-0.2, -0.15) is 0 Å². The zero-order valence-corrected chi connectivity index (χ0v) is 15.2. The third kappa shape index (κ3) is 3.40. The monoisotopic (exact) mass is 352 g/mol. The number of benzene rings is 2. The van der Waals surface area contributed by atoms with Gasteiger partial charge in [0.05, 0.1) is 19.2 Å². The highest BCUT2D eigenvalue weighted by Gasteiger charge is 2.23. The number of hydrogen-bond acceptors (Lipinski definition) is 3. The van der Waals surface area contributed by atoms with E-state index in [1.165, 1.54) is 16.7 Å². The predicted octanol–water partition coefficient (Wildman–Crippen LogP) is 3.54. The molecule has 0 aromatic heterocycles. The number of hydrogen-bond donors (Lipinski definition) is 1. The molecule has 2 aromatic rings. The Morgan fingerprint density at radius 3 is 2.85 bits per heavy atom. The van der Waals surface area contributed by atoms with Crippen molar-refractivity contribution in [2.45, 2.75) is 32.4 Å². The van der Waals surface area contributed by atoms with Crippen LogP contribution in [0.15, 0.2) is 36.4 Å². The van der Waals surface area contributed by atoms with Crippen molar-refractivity contribution in [2.75, 3.05) is 25.6 Å². The van der Waals surface area contributed by atoms with Gasteiger partial charge in [0.2, 0.25) is 0 Å². The van der Waals surface area contributed by atoms with E-state index in [0.717, 1.165) is 29.8 Å². The van der Waals surface area contributed by atoms with E-state index in [4.69, 9.17) is 9.47 Å². The average molecular weight is 352 g/mol. The summed E-state index contributed by atoms with van der Waals surface area (Å²) in [7, 11) is 1.75. The molecule has 2 amide bonds. The average Bonchev–Trinajstić information content (AvgIpc) is 2.92. The van der Waals surface area contributed by atoms with Crippen molar-refractivity contribution < 1.29 is 14.3 Å². The maximum absolute atomic E-state index is 12.8. The zero-order valence-electron chi connectivity index (χ0n) is 15.2. The van der Waals surface area contributed by atoms with Crippen molar-refractivity contribution in [3.05, 3.63) is 58.7 Å². The number of amides is 2. The summed E-state index contributed by atoms with van der Waals surface area (Å²) in [5.41, 5.74) is 5.62. The highest BCUT2D eigenvalue weighted by Crippen LogP contribution is 2.28. The first kappa shape index (κ1) is 16.9. The Morgan fingerprint density at radius 1 is 1.15 bits per heavy atom. The molecule has 5 nitrogen and oxygen atoms in total. The maximum Gasteiger partial charge on any atom is 0.322 e. The lowest BCUT2D eigenvalue weighted by Gasteiger charge is -2.20. The van der Waals surface area contributed by atoms with Gasteiger partial charge < -0.3 is 19.7 Å². The number of carbonyl (C=O) groups excluding carboxylic acids is 1. The second kappa shape index (κ2) is 7.00. The summed E-state index contributed by atoms with van der Waals surface area (Å²) in [6, 6.07) is 12.1. The van der Waals surface area contributed by atoms with Crippen LogP contribution in [0.2, 0.25) is 0 Å². The molecule has 5 heteroatoms. The summed E-state index contributed by atoms with van der Waals surface area (Å²) in [6.07, 6.45) is 2.10. The molecule has 2 aromatic carbocycles. The third-order valence-electron chi connectivity index (χ3n) is 5.17. The summed E-state index contributed by atoms with van der Waals surface area (Å²) in [4.78, 5) is 14.6. The molecular weight excluding hydrogens is 328 g/mol. The maximum atomic E-state index is 12.8. The molecule has 1 heterocycles. The molecular formula is C21H24N2O3. The minimum atomic E-state index is -0.0933. The van der Waals surface area contributed by atoms with E-state index >= 15 is 0 Å². The summed E-state index contributed by atoms with van der Waals surface area (Å²) < 4.78 is 11.2. The van der Waals surface area contributed by atoms with Crippen LogP contribution < -0.4 is 10.1 Å². The Labute approximate surface area is 153 Å². The number of nitrogens with one attached hydrogen (secondary N) is 1. The Bertz CT molecular complexity index is 834. The molecule has 1 aliphatic heterocycles.